The van der Waals surface area contributed by atoms with Gasteiger partial charge in [0.25, 0.3) is 0 Å². The van der Waals surface area contributed by atoms with E-state index in [0.29, 0.717) is 23.3 Å². The van der Waals surface area contributed by atoms with Crippen LogP contribution in [0.25, 0.3) is 11.3 Å². The largest absolute Gasteiger partial charge is 0.395 e. The van der Waals surface area contributed by atoms with E-state index in [1.165, 1.54) is 0 Å². The predicted octanol–water partition coefficient (Wildman–Crippen LogP) is 3.96. The second kappa shape index (κ2) is 8.12. The molecule has 3 N–H and O–H groups in total. The van der Waals surface area contributed by atoms with E-state index in [-0.39, 0.29) is 6.61 Å². The Hall–Kier alpha value is -2.70. The maximum atomic E-state index is 9.07. The molecule has 0 atom stereocenters. The molecule has 3 rings (SSSR count). The van der Waals surface area contributed by atoms with Crippen molar-refractivity contribution in [2.75, 3.05) is 23.8 Å². The summed E-state index contributed by atoms with van der Waals surface area (Å²) in [5.41, 5.74) is 4.63. The van der Waals surface area contributed by atoms with Gasteiger partial charge in [0.2, 0.25) is 5.95 Å². The third-order valence-corrected chi connectivity index (χ3v) is 4.37. The molecule has 0 amide bonds. The summed E-state index contributed by atoms with van der Waals surface area (Å²) in [7, 11) is 0. The lowest BCUT2D eigenvalue weighted by Gasteiger charge is -2.15. The van der Waals surface area contributed by atoms with Crippen LogP contribution in [0.4, 0.5) is 17.5 Å². The standard InChI is InChI=1S/C19H20ClN5O/c1-12-3-4-15(20)13(2)18(12)24-17-11-16(14-5-7-21-8-6-14)23-19(25-17)22-9-10-26/h3-8,11,26H,9-10H2,1-2H3,(H2,22,23,24,25). The third kappa shape index (κ3) is 4.09. The minimum Gasteiger partial charge on any atom is -0.395 e. The van der Waals surface area contributed by atoms with E-state index in [2.05, 4.69) is 25.6 Å². The highest BCUT2D eigenvalue weighted by Gasteiger charge is 2.11. The molecule has 0 spiro atoms. The molecule has 0 aliphatic rings. The molecule has 0 bridgehead atoms. The monoisotopic (exact) mass is 369 g/mol. The molecule has 0 saturated carbocycles. The van der Waals surface area contributed by atoms with Gasteiger partial charge < -0.3 is 15.7 Å². The molecule has 0 fully saturated rings. The van der Waals surface area contributed by atoms with Crippen LogP contribution in [-0.2, 0) is 0 Å². The van der Waals surface area contributed by atoms with Gasteiger partial charge in [0.15, 0.2) is 0 Å². The molecule has 6 nitrogen and oxygen atoms in total. The lowest BCUT2D eigenvalue weighted by Crippen LogP contribution is -2.10. The van der Waals surface area contributed by atoms with Crippen molar-refractivity contribution in [3.8, 4) is 11.3 Å². The Morgan fingerprint density at radius 1 is 1.08 bits per heavy atom. The molecule has 0 saturated heterocycles. The summed E-state index contributed by atoms with van der Waals surface area (Å²) in [4.78, 5) is 13.1. The van der Waals surface area contributed by atoms with Gasteiger partial charge in [0, 0.05) is 41.3 Å². The summed E-state index contributed by atoms with van der Waals surface area (Å²) in [6.45, 7) is 4.35. The van der Waals surface area contributed by atoms with Gasteiger partial charge in [-0.2, -0.15) is 4.98 Å². The highest BCUT2D eigenvalue weighted by atomic mass is 35.5. The smallest absolute Gasteiger partial charge is 0.225 e. The third-order valence-electron chi connectivity index (χ3n) is 3.96. The summed E-state index contributed by atoms with van der Waals surface area (Å²) >= 11 is 6.26. The van der Waals surface area contributed by atoms with Crippen molar-refractivity contribution in [1.29, 1.82) is 0 Å². The van der Waals surface area contributed by atoms with Crippen molar-refractivity contribution in [2.45, 2.75) is 13.8 Å². The average Bonchev–Trinajstić information content (AvgIpc) is 2.67. The SMILES string of the molecule is Cc1ccc(Cl)c(C)c1Nc1cc(-c2ccncc2)nc(NCCO)n1. The van der Waals surface area contributed by atoms with Gasteiger partial charge in [-0.15, -0.1) is 0 Å². The number of hydrogen-bond donors (Lipinski definition) is 3. The Kier molecular flexibility index (Phi) is 5.65. The fourth-order valence-electron chi connectivity index (χ4n) is 2.57. The summed E-state index contributed by atoms with van der Waals surface area (Å²) < 4.78 is 0. The van der Waals surface area contributed by atoms with Crippen molar-refractivity contribution >= 4 is 29.1 Å². The summed E-state index contributed by atoms with van der Waals surface area (Å²) in [5.74, 6) is 1.08. The van der Waals surface area contributed by atoms with Crippen molar-refractivity contribution in [1.82, 2.24) is 15.0 Å². The maximum Gasteiger partial charge on any atom is 0.225 e. The van der Waals surface area contributed by atoms with E-state index >= 15 is 0 Å². The molecule has 26 heavy (non-hydrogen) atoms. The number of halogens is 1. The van der Waals surface area contributed by atoms with Gasteiger partial charge >= 0.3 is 0 Å². The van der Waals surface area contributed by atoms with E-state index in [4.69, 9.17) is 16.7 Å². The first-order valence-electron chi connectivity index (χ1n) is 8.25. The maximum absolute atomic E-state index is 9.07. The Bertz CT molecular complexity index is 902. The molecule has 0 unspecified atom stereocenters. The van der Waals surface area contributed by atoms with E-state index in [0.717, 1.165) is 28.1 Å². The van der Waals surface area contributed by atoms with E-state index in [1.807, 2.05) is 44.2 Å². The van der Waals surface area contributed by atoms with Crippen LogP contribution in [0, 0.1) is 13.8 Å². The molecule has 0 radical (unpaired) electrons. The zero-order chi connectivity index (χ0) is 18.5. The van der Waals surface area contributed by atoms with Crippen LogP contribution in [0.5, 0.6) is 0 Å². The Labute approximate surface area is 157 Å². The first-order valence-corrected chi connectivity index (χ1v) is 8.63. The number of aryl methyl sites for hydroxylation is 1. The van der Waals surface area contributed by atoms with Gasteiger partial charge in [-0.25, -0.2) is 4.98 Å². The summed E-state index contributed by atoms with van der Waals surface area (Å²) in [6, 6.07) is 9.50. The number of pyridine rings is 1. The van der Waals surface area contributed by atoms with Crippen LogP contribution in [0.3, 0.4) is 0 Å². The summed E-state index contributed by atoms with van der Waals surface area (Å²) in [5, 5.41) is 16.1. The van der Waals surface area contributed by atoms with E-state index < -0.39 is 0 Å². The molecule has 2 heterocycles. The fraction of sp³-hybridized carbons (Fsp3) is 0.211. The van der Waals surface area contributed by atoms with Crippen LogP contribution < -0.4 is 10.6 Å². The topological polar surface area (TPSA) is 83.0 Å². The van der Waals surface area contributed by atoms with Crippen molar-refractivity contribution < 1.29 is 5.11 Å². The normalized spacial score (nSPS) is 10.6. The molecular formula is C19H20ClN5O. The van der Waals surface area contributed by atoms with Crippen molar-refractivity contribution in [2.24, 2.45) is 0 Å². The minimum atomic E-state index is -0.00187. The molecule has 3 aromatic rings. The lowest BCUT2D eigenvalue weighted by molar-refractivity contribution is 0.311. The van der Waals surface area contributed by atoms with Gasteiger partial charge in [-0.3, -0.25) is 4.98 Å². The zero-order valence-electron chi connectivity index (χ0n) is 14.6. The second-order valence-corrected chi connectivity index (χ2v) is 6.24. The number of anilines is 3. The minimum absolute atomic E-state index is 0.00187. The number of aromatic nitrogens is 3. The number of rotatable bonds is 6. The molecular weight excluding hydrogens is 350 g/mol. The van der Waals surface area contributed by atoms with Crippen LogP contribution in [0.1, 0.15) is 11.1 Å². The Balaban J connectivity index is 2.02. The van der Waals surface area contributed by atoms with Gasteiger partial charge in [0.05, 0.1) is 12.3 Å². The first-order chi connectivity index (χ1) is 12.6. The van der Waals surface area contributed by atoms with Crippen LogP contribution in [-0.4, -0.2) is 33.2 Å². The number of hydrogen-bond acceptors (Lipinski definition) is 6. The molecule has 2 aromatic heterocycles. The number of aliphatic hydroxyl groups excluding tert-OH is 1. The number of aliphatic hydroxyl groups is 1. The fourth-order valence-corrected chi connectivity index (χ4v) is 2.73. The highest BCUT2D eigenvalue weighted by molar-refractivity contribution is 6.31. The number of benzene rings is 1. The highest BCUT2D eigenvalue weighted by Crippen LogP contribution is 2.30. The van der Waals surface area contributed by atoms with Crippen LogP contribution >= 0.6 is 11.6 Å². The van der Waals surface area contributed by atoms with Crippen LogP contribution in [0.2, 0.25) is 5.02 Å². The van der Waals surface area contributed by atoms with Crippen LogP contribution in [0.15, 0.2) is 42.7 Å². The summed E-state index contributed by atoms with van der Waals surface area (Å²) in [6.07, 6.45) is 3.44. The zero-order valence-corrected chi connectivity index (χ0v) is 15.4. The quantitative estimate of drug-likeness (QED) is 0.610. The van der Waals surface area contributed by atoms with Crippen molar-refractivity contribution in [3.05, 3.63) is 58.9 Å². The predicted molar refractivity (Wildman–Crippen MR) is 105 cm³/mol. The molecule has 0 aliphatic heterocycles. The molecule has 0 aliphatic carbocycles. The number of nitrogens with zero attached hydrogens (tertiary/aromatic N) is 3. The molecule has 1 aromatic carbocycles. The van der Waals surface area contributed by atoms with E-state index in [9.17, 15) is 0 Å². The Morgan fingerprint density at radius 2 is 1.85 bits per heavy atom. The number of nitrogens with one attached hydrogen (secondary N) is 2. The second-order valence-electron chi connectivity index (χ2n) is 5.84. The Morgan fingerprint density at radius 3 is 2.58 bits per heavy atom. The van der Waals surface area contributed by atoms with Gasteiger partial charge in [0.1, 0.15) is 5.82 Å². The van der Waals surface area contributed by atoms with Gasteiger partial charge in [-0.05, 0) is 43.2 Å². The molecule has 7 heteroatoms. The average molecular weight is 370 g/mol. The first kappa shape index (κ1) is 18.1. The lowest BCUT2D eigenvalue weighted by atomic mass is 10.1. The van der Waals surface area contributed by atoms with Gasteiger partial charge in [-0.1, -0.05) is 17.7 Å². The van der Waals surface area contributed by atoms with Crippen molar-refractivity contribution in [3.63, 3.8) is 0 Å². The molecule has 134 valence electrons. The van der Waals surface area contributed by atoms with E-state index in [1.54, 1.807) is 12.4 Å².